The zero-order valence-corrected chi connectivity index (χ0v) is 13.9. The summed E-state index contributed by atoms with van der Waals surface area (Å²) in [5, 5.41) is 9.27. The Labute approximate surface area is 142 Å². The second-order valence-electron chi connectivity index (χ2n) is 6.80. The third-order valence-corrected chi connectivity index (χ3v) is 4.88. The molecule has 0 saturated carbocycles. The van der Waals surface area contributed by atoms with Gasteiger partial charge in [-0.1, -0.05) is 6.08 Å². The summed E-state index contributed by atoms with van der Waals surface area (Å²) in [5.74, 6) is 0.399. The maximum absolute atomic E-state index is 12.3. The first kappa shape index (κ1) is 16.7. The van der Waals surface area contributed by atoms with E-state index in [9.17, 15) is 9.59 Å². The second-order valence-corrected chi connectivity index (χ2v) is 6.80. The SMILES string of the molecule is C=CCNC(=O)c1ccc(NC(=O)CC2CC3CCC(C2)N3)cc1. The van der Waals surface area contributed by atoms with Gasteiger partial charge in [0.05, 0.1) is 0 Å². The molecule has 2 heterocycles. The van der Waals surface area contributed by atoms with Gasteiger partial charge in [0, 0.05) is 36.3 Å². The van der Waals surface area contributed by atoms with E-state index in [1.165, 1.54) is 12.8 Å². The lowest BCUT2D eigenvalue weighted by Gasteiger charge is -2.28. The highest BCUT2D eigenvalue weighted by Crippen LogP contribution is 2.32. The Balaban J connectivity index is 1.49. The van der Waals surface area contributed by atoms with E-state index in [0.717, 1.165) is 18.5 Å². The van der Waals surface area contributed by atoms with E-state index in [0.29, 0.717) is 36.5 Å². The van der Waals surface area contributed by atoms with E-state index in [1.54, 1.807) is 30.3 Å². The van der Waals surface area contributed by atoms with Crippen LogP contribution in [0.5, 0.6) is 0 Å². The Hall–Kier alpha value is -2.14. The average molecular weight is 327 g/mol. The molecule has 0 radical (unpaired) electrons. The van der Waals surface area contributed by atoms with Crippen LogP contribution in [-0.2, 0) is 4.79 Å². The Morgan fingerprint density at radius 3 is 2.46 bits per heavy atom. The molecule has 3 N–H and O–H groups in total. The monoisotopic (exact) mass is 327 g/mol. The molecule has 2 aliphatic heterocycles. The van der Waals surface area contributed by atoms with Gasteiger partial charge in [-0.2, -0.15) is 0 Å². The van der Waals surface area contributed by atoms with Crippen molar-refractivity contribution in [1.29, 1.82) is 0 Å². The first-order valence-corrected chi connectivity index (χ1v) is 8.69. The first-order valence-electron chi connectivity index (χ1n) is 8.69. The molecule has 0 spiro atoms. The van der Waals surface area contributed by atoms with Gasteiger partial charge in [0.2, 0.25) is 5.91 Å². The van der Waals surface area contributed by atoms with Gasteiger partial charge in [0.25, 0.3) is 5.91 Å². The number of hydrogen-bond acceptors (Lipinski definition) is 3. The van der Waals surface area contributed by atoms with Crippen molar-refractivity contribution in [3.05, 3.63) is 42.5 Å². The number of anilines is 1. The second kappa shape index (κ2) is 7.62. The van der Waals surface area contributed by atoms with Crippen LogP contribution >= 0.6 is 0 Å². The van der Waals surface area contributed by atoms with Gasteiger partial charge in [-0.05, 0) is 55.9 Å². The molecule has 2 aliphatic rings. The molecule has 5 heteroatoms. The summed E-state index contributed by atoms with van der Waals surface area (Å²) in [7, 11) is 0. The summed E-state index contributed by atoms with van der Waals surface area (Å²) < 4.78 is 0. The molecule has 2 saturated heterocycles. The third kappa shape index (κ3) is 4.23. The van der Waals surface area contributed by atoms with E-state index in [4.69, 9.17) is 0 Å². The highest BCUT2D eigenvalue weighted by molar-refractivity contribution is 5.95. The van der Waals surface area contributed by atoms with Crippen LogP contribution in [0.15, 0.2) is 36.9 Å². The Bertz CT molecular complexity index is 600. The van der Waals surface area contributed by atoms with Crippen LogP contribution in [-0.4, -0.2) is 30.4 Å². The van der Waals surface area contributed by atoms with Gasteiger partial charge in [0.1, 0.15) is 0 Å². The molecule has 0 aromatic heterocycles. The van der Waals surface area contributed by atoms with Crippen molar-refractivity contribution < 1.29 is 9.59 Å². The quantitative estimate of drug-likeness (QED) is 0.703. The molecular weight excluding hydrogens is 302 g/mol. The number of fused-ring (bicyclic) bond motifs is 2. The van der Waals surface area contributed by atoms with E-state index in [2.05, 4.69) is 22.5 Å². The minimum atomic E-state index is -0.141. The lowest BCUT2D eigenvalue weighted by Crippen LogP contribution is -2.39. The predicted molar refractivity (Wildman–Crippen MR) is 94.9 cm³/mol. The van der Waals surface area contributed by atoms with E-state index < -0.39 is 0 Å². The number of nitrogens with one attached hydrogen (secondary N) is 3. The summed E-state index contributed by atoms with van der Waals surface area (Å²) in [5.41, 5.74) is 1.31. The number of piperidine rings is 1. The average Bonchev–Trinajstić information content (AvgIpc) is 2.91. The van der Waals surface area contributed by atoms with Crippen LogP contribution < -0.4 is 16.0 Å². The van der Waals surface area contributed by atoms with Gasteiger partial charge in [0.15, 0.2) is 0 Å². The highest BCUT2D eigenvalue weighted by atomic mass is 16.2. The maximum Gasteiger partial charge on any atom is 0.251 e. The van der Waals surface area contributed by atoms with Crippen molar-refractivity contribution >= 4 is 17.5 Å². The molecule has 24 heavy (non-hydrogen) atoms. The normalized spacial score (nSPS) is 25.1. The van der Waals surface area contributed by atoms with Crippen LogP contribution in [0, 0.1) is 5.92 Å². The van der Waals surface area contributed by atoms with Crippen LogP contribution in [0.25, 0.3) is 0 Å². The third-order valence-electron chi connectivity index (χ3n) is 4.88. The van der Waals surface area contributed by atoms with E-state index in [1.807, 2.05) is 0 Å². The van der Waals surface area contributed by atoms with Gasteiger partial charge >= 0.3 is 0 Å². The largest absolute Gasteiger partial charge is 0.349 e. The molecule has 3 rings (SSSR count). The first-order chi connectivity index (χ1) is 11.6. The predicted octanol–water partition coefficient (Wildman–Crippen LogP) is 2.46. The van der Waals surface area contributed by atoms with Crippen LogP contribution in [0.2, 0.25) is 0 Å². The molecule has 0 aliphatic carbocycles. The molecular formula is C19H25N3O2. The fourth-order valence-electron chi connectivity index (χ4n) is 3.79. The molecule has 2 fully saturated rings. The van der Waals surface area contributed by atoms with Gasteiger partial charge in [-0.3, -0.25) is 9.59 Å². The van der Waals surface area contributed by atoms with Crippen molar-refractivity contribution in [3.63, 3.8) is 0 Å². The Kier molecular flexibility index (Phi) is 5.30. The molecule has 1 aromatic rings. The van der Waals surface area contributed by atoms with Crippen LogP contribution in [0.1, 0.15) is 42.5 Å². The zero-order chi connectivity index (χ0) is 16.9. The summed E-state index contributed by atoms with van der Waals surface area (Å²) in [6.07, 6.45) is 6.92. The number of rotatable bonds is 6. The van der Waals surface area contributed by atoms with E-state index >= 15 is 0 Å². The highest BCUT2D eigenvalue weighted by Gasteiger charge is 2.34. The number of carbonyl (C=O) groups excluding carboxylic acids is 2. The topological polar surface area (TPSA) is 70.2 Å². The summed E-state index contributed by atoms with van der Waals surface area (Å²) in [4.78, 5) is 24.1. The lowest BCUT2D eigenvalue weighted by molar-refractivity contribution is -0.117. The van der Waals surface area contributed by atoms with Crippen LogP contribution in [0.3, 0.4) is 0 Å². The zero-order valence-electron chi connectivity index (χ0n) is 13.9. The minimum absolute atomic E-state index is 0.0603. The molecule has 128 valence electrons. The van der Waals surface area contributed by atoms with Crippen molar-refractivity contribution in [2.24, 2.45) is 5.92 Å². The van der Waals surface area contributed by atoms with Crippen molar-refractivity contribution in [3.8, 4) is 0 Å². The molecule has 2 unspecified atom stereocenters. The van der Waals surface area contributed by atoms with Gasteiger partial charge in [-0.25, -0.2) is 0 Å². The number of amides is 2. The standard InChI is InChI=1S/C19H25N3O2/c1-2-9-20-19(24)14-3-5-15(6-4-14)22-18(23)12-13-10-16-7-8-17(11-13)21-16/h2-6,13,16-17,21H,1,7-12H2,(H,20,24)(H,22,23). The Morgan fingerprint density at radius 2 is 1.83 bits per heavy atom. The fourth-order valence-corrected chi connectivity index (χ4v) is 3.79. The Morgan fingerprint density at radius 1 is 1.17 bits per heavy atom. The molecule has 5 nitrogen and oxygen atoms in total. The number of hydrogen-bond donors (Lipinski definition) is 3. The summed E-state index contributed by atoms with van der Waals surface area (Å²) >= 11 is 0. The molecule has 2 amide bonds. The minimum Gasteiger partial charge on any atom is -0.349 e. The van der Waals surface area contributed by atoms with Crippen LogP contribution in [0.4, 0.5) is 5.69 Å². The van der Waals surface area contributed by atoms with Crippen molar-refractivity contribution in [2.75, 3.05) is 11.9 Å². The van der Waals surface area contributed by atoms with E-state index in [-0.39, 0.29) is 11.8 Å². The van der Waals surface area contributed by atoms with Crippen molar-refractivity contribution in [1.82, 2.24) is 10.6 Å². The maximum atomic E-state index is 12.3. The summed E-state index contributed by atoms with van der Waals surface area (Å²) in [6, 6.07) is 8.20. The fraction of sp³-hybridized carbons (Fsp3) is 0.474. The summed E-state index contributed by atoms with van der Waals surface area (Å²) in [6.45, 7) is 4.01. The number of benzene rings is 1. The smallest absolute Gasteiger partial charge is 0.251 e. The molecule has 2 atom stereocenters. The van der Waals surface area contributed by atoms with Gasteiger partial charge < -0.3 is 16.0 Å². The van der Waals surface area contributed by atoms with Crippen molar-refractivity contribution in [2.45, 2.75) is 44.2 Å². The molecule has 2 bridgehead atoms. The lowest BCUT2D eigenvalue weighted by atomic mass is 9.89. The van der Waals surface area contributed by atoms with Gasteiger partial charge in [-0.15, -0.1) is 6.58 Å². The molecule has 1 aromatic carbocycles. The number of carbonyl (C=O) groups is 2.